The zero-order valence-electron chi connectivity index (χ0n) is 14.6. The lowest BCUT2D eigenvalue weighted by molar-refractivity contribution is 0.128. The summed E-state index contributed by atoms with van der Waals surface area (Å²) in [6, 6.07) is 3.72. The molecule has 0 radical (unpaired) electrons. The van der Waals surface area contributed by atoms with E-state index in [9.17, 15) is 0 Å². The normalized spacial score (nSPS) is 10.8. The van der Waals surface area contributed by atoms with E-state index >= 15 is 0 Å². The Hall–Kier alpha value is -0.970. The number of unbranched alkanes of at least 4 members (excludes halogenated alkanes) is 1. The molecule has 23 heavy (non-hydrogen) atoms. The maximum absolute atomic E-state index is 6.16. The van der Waals surface area contributed by atoms with Crippen LogP contribution in [0.15, 0.2) is 12.1 Å². The molecule has 0 spiro atoms. The Kier molecular flexibility index (Phi) is 10.9. The van der Waals surface area contributed by atoms with Crippen LogP contribution in [0.1, 0.15) is 45.1 Å². The van der Waals surface area contributed by atoms with Gasteiger partial charge in [0.15, 0.2) is 11.5 Å². The van der Waals surface area contributed by atoms with Crippen molar-refractivity contribution in [2.24, 2.45) is 0 Å². The van der Waals surface area contributed by atoms with E-state index in [1.807, 2.05) is 6.07 Å². The fourth-order valence-electron chi connectivity index (χ4n) is 2.14. The summed E-state index contributed by atoms with van der Waals surface area (Å²) in [7, 11) is 1.63. The number of nitrogens with one attached hydrogen (secondary N) is 1. The van der Waals surface area contributed by atoms with Gasteiger partial charge in [-0.3, -0.25) is 0 Å². The SMILES string of the molecule is CCCCOCCCNCc1cc(Cl)cc(OC)c1OCCC. The molecule has 4 nitrogen and oxygen atoms in total. The van der Waals surface area contributed by atoms with Crippen LogP contribution in [-0.2, 0) is 11.3 Å². The number of rotatable bonds is 13. The van der Waals surface area contributed by atoms with Crippen molar-refractivity contribution in [1.29, 1.82) is 0 Å². The van der Waals surface area contributed by atoms with Gasteiger partial charge in [0, 0.05) is 36.4 Å². The average molecular weight is 344 g/mol. The fourth-order valence-corrected chi connectivity index (χ4v) is 2.38. The van der Waals surface area contributed by atoms with Gasteiger partial charge < -0.3 is 19.5 Å². The van der Waals surface area contributed by atoms with Crippen molar-refractivity contribution in [1.82, 2.24) is 5.32 Å². The summed E-state index contributed by atoms with van der Waals surface area (Å²) in [6.45, 7) is 8.17. The third-order valence-corrected chi connectivity index (χ3v) is 3.59. The Morgan fingerprint density at radius 3 is 2.52 bits per heavy atom. The molecule has 0 aliphatic heterocycles. The van der Waals surface area contributed by atoms with Gasteiger partial charge in [-0.15, -0.1) is 0 Å². The minimum atomic E-state index is 0.658. The molecule has 1 aromatic rings. The molecule has 0 aromatic heterocycles. The van der Waals surface area contributed by atoms with Crippen LogP contribution in [0, 0.1) is 0 Å². The van der Waals surface area contributed by atoms with Crippen LogP contribution in [-0.4, -0.2) is 33.5 Å². The molecule has 1 N–H and O–H groups in total. The predicted molar refractivity (Wildman–Crippen MR) is 95.8 cm³/mol. The van der Waals surface area contributed by atoms with Crippen molar-refractivity contribution >= 4 is 11.6 Å². The second-order valence-electron chi connectivity index (χ2n) is 5.44. The Labute approximate surface area is 145 Å². The molecule has 5 heteroatoms. The van der Waals surface area contributed by atoms with Crippen LogP contribution in [0.5, 0.6) is 11.5 Å². The number of hydrogen-bond acceptors (Lipinski definition) is 4. The molecule has 0 amide bonds. The van der Waals surface area contributed by atoms with E-state index < -0.39 is 0 Å². The zero-order valence-corrected chi connectivity index (χ0v) is 15.4. The van der Waals surface area contributed by atoms with Crippen LogP contribution in [0.25, 0.3) is 0 Å². The Balaban J connectivity index is 2.46. The molecule has 0 aliphatic rings. The molecule has 0 bridgehead atoms. The summed E-state index contributed by atoms with van der Waals surface area (Å²) >= 11 is 6.16. The largest absolute Gasteiger partial charge is 0.493 e. The van der Waals surface area contributed by atoms with E-state index in [4.69, 9.17) is 25.8 Å². The highest BCUT2D eigenvalue weighted by Gasteiger charge is 2.12. The van der Waals surface area contributed by atoms with Gasteiger partial charge in [-0.1, -0.05) is 31.9 Å². The minimum Gasteiger partial charge on any atom is -0.493 e. The third-order valence-electron chi connectivity index (χ3n) is 3.37. The molecule has 0 aliphatic carbocycles. The summed E-state index contributed by atoms with van der Waals surface area (Å²) in [6.07, 6.45) is 4.25. The molecular weight excluding hydrogens is 314 g/mol. The first-order valence-electron chi connectivity index (χ1n) is 8.50. The van der Waals surface area contributed by atoms with Crippen LogP contribution in [0.3, 0.4) is 0 Å². The lowest BCUT2D eigenvalue weighted by atomic mass is 10.1. The lowest BCUT2D eigenvalue weighted by Gasteiger charge is -2.16. The van der Waals surface area contributed by atoms with Crippen LogP contribution >= 0.6 is 11.6 Å². The van der Waals surface area contributed by atoms with Crippen molar-refractivity contribution in [3.63, 3.8) is 0 Å². The molecule has 0 fully saturated rings. The number of methoxy groups -OCH3 is 1. The monoisotopic (exact) mass is 343 g/mol. The first-order valence-corrected chi connectivity index (χ1v) is 8.88. The van der Waals surface area contributed by atoms with E-state index in [1.54, 1.807) is 13.2 Å². The number of halogens is 1. The average Bonchev–Trinajstić information content (AvgIpc) is 2.55. The molecular formula is C18H30ClNO3. The summed E-state index contributed by atoms with van der Waals surface area (Å²) < 4.78 is 16.8. The minimum absolute atomic E-state index is 0.658. The number of hydrogen-bond donors (Lipinski definition) is 1. The van der Waals surface area contributed by atoms with Gasteiger partial charge in [-0.25, -0.2) is 0 Å². The summed E-state index contributed by atoms with van der Waals surface area (Å²) in [5.74, 6) is 1.47. The molecule has 1 aromatic carbocycles. The number of benzene rings is 1. The van der Waals surface area contributed by atoms with Crippen LogP contribution in [0.4, 0.5) is 0 Å². The van der Waals surface area contributed by atoms with Crippen molar-refractivity contribution in [3.05, 3.63) is 22.7 Å². The first-order chi connectivity index (χ1) is 11.2. The van der Waals surface area contributed by atoms with Crippen LogP contribution < -0.4 is 14.8 Å². The van der Waals surface area contributed by atoms with E-state index in [2.05, 4.69) is 19.2 Å². The summed E-state index contributed by atoms with van der Waals surface area (Å²) in [5.41, 5.74) is 1.02. The highest BCUT2D eigenvalue weighted by molar-refractivity contribution is 6.30. The van der Waals surface area contributed by atoms with Crippen molar-refractivity contribution in [2.45, 2.75) is 46.1 Å². The fraction of sp³-hybridized carbons (Fsp3) is 0.667. The molecule has 132 valence electrons. The van der Waals surface area contributed by atoms with Gasteiger partial charge in [-0.2, -0.15) is 0 Å². The Morgan fingerprint density at radius 2 is 1.83 bits per heavy atom. The first kappa shape index (κ1) is 20.1. The molecule has 1 rings (SSSR count). The zero-order chi connectivity index (χ0) is 16.9. The van der Waals surface area contributed by atoms with E-state index in [0.29, 0.717) is 23.9 Å². The highest BCUT2D eigenvalue weighted by Crippen LogP contribution is 2.34. The quantitative estimate of drug-likeness (QED) is 0.538. The van der Waals surface area contributed by atoms with Gasteiger partial charge in [0.25, 0.3) is 0 Å². The van der Waals surface area contributed by atoms with Gasteiger partial charge in [0.2, 0.25) is 0 Å². The third kappa shape index (κ3) is 7.91. The van der Waals surface area contributed by atoms with E-state index in [0.717, 1.165) is 50.3 Å². The second kappa shape index (κ2) is 12.5. The summed E-state index contributed by atoms with van der Waals surface area (Å²) in [5, 5.41) is 4.07. The van der Waals surface area contributed by atoms with E-state index in [1.165, 1.54) is 6.42 Å². The van der Waals surface area contributed by atoms with Gasteiger partial charge >= 0.3 is 0 Å². The van der Waals surface area contributed by atoms with Crippen molar-refractivity contribution in [3.8, 4) is 11.5 Å². The van der Waals surface area contributed by atoms with Gasteiger partial charge in [0.1, 0.15) is 0 Å². The van der Waals surface area contributed by atoms with Gasteiger partial charge in [0.05, 0.1) is 13.7 Å². The topological polar surface area (TPSA) is 39.7 Å². The van der Waals surface area contributed by atoms with Crippen molar-refractivity contribution in [2.75, 3.05) is 33.5 Å². The van der Waals surface area contributed by atoms with Gasteiger partial charge in [-0.05, 0) is 31.9 Å². The molecule has 0 heterocycles. The standard InChI is InChI=1S/C18H30ClNO3/c1-4-6-10-22-11-7-8-20-14-15-12-16(19)13-17(21-3)18(15)23-9-5-2/h12-13,20H,4-11,14H2,1-3H3. The lowest BCUT2D eigenvalue weighted by Crippen LogP contribution is -2.17. The maximum Gasteiger partial charge on any atom is 0.165 e. The molecule has 0 atom stereocenters. The maximum atomic E-state index is 6.16. The molecule has 0 saturated heterocycles. The van der Waals surface area contributed by atoms with Crippen molar-refractivity contribution < 1.29 is 14.2 Å². The predicted octanol–water partition coefficient (Wildman–Crippen LogP) is 4.43. The second-order valence-corrected chi connectivity index (χ2v) is 5.88. The van der Waals surface area contributed by atoms with Crippen LogP contribution in [0.2, 0.25) is 5.02 Å². The number of ether oxygens (including phenoxy) is 3. The Bertz CT molecular complexity index is 441. The molecule has 0 saturated carbocycles. The Morgan fingerprint density at radius 1 is 1.04 bits per heavy atom. The van der Waals surface area contributed by atoms with E-state index in [-0.39, 0.29) is 0 Å². The highest BCUT2D eigenvalue weighted by atomic mass is 35.5. The summed E-state index contributed by atoms with van der Waals surface area (Å²) in [4.78, 5) is 0. The molecule has 0 unspecified atom stereocenters. The smallest absolute Gasteiger partial charge is 0.165 e.